The first-order chi connectivity index (χ1) is 8.34. The van der Waals surface area contributed by atoms with Crippen LogP contribution in [0.15, 0.2) is 17.5 Å². The molecule has 2 rings (SSSR count). The molecule has 1 fully saturated rings. The van der Waals surface area contributed by atoms with E-state index in [2.05, 4.69) is 29.8 Å². The van der Waals surface area contributed by atoms with Gasteiger partial charge in [-0.1, -0.05) is 25.8 Å². The van der Waals surface area contributed by atoms with Gasteiger partial charge >= 0.3 is 0 Å². The Morgan fingerprint density at radius 2 is 2.41 bits per heavy atom. The molecule has 2 atom stereocenters. The van der Waals surface area contributed by atoms with Crippen LogP contribution >= 0.6 is 11.3 Å². The van der Waals surface area contributed by atoms with E-state index >= 15 is 0 Å². The highest BCUT2D eigenvalue weighted by atomic mass is 32.1. The fraction of sp³-hybridized carbons (Fsp3) is 0.714. The molecule has 1 heterocycles. The summed E-state index contributed by atoms with van der Waals surface area (Å²) >= 11 is 1.81. The largest absolute Gasteiger partial charge is 0.377 e. The lowest BCUT2D eigenvalue weighted by Gasteiger charge is -2.26. The highest BCUT2D eigenvalue weighted by Gasteiger charge is 2.18. The molecule has 3 heteroatoms. The van der Waals surface area contributed by atoms with Crippen LogP contribution in [0.5, 0.6) is 0 Å². The van der Waals surface area contributed by atoms with Crippen LogP contribution in [0.4, 0.5) is 0 Å². The molecule has 0 bridgehead atoms. The molecular formula is C14H23NOS. The Labute approximate surface area is 108 Å². The van der Waals surface area contributed by atoms with Gasteiger partial charge in [0.25, 0.3) is 0 Å². The van der Waals surface area contributed by atoms with Gasteiger partial charge in [0.2, 0.25) is 0 Å². The number of ether oxygens (including phenoxy) is 1. The lowest BCUT2D eigenvalue weighted by molar-refractivity contribution is 0.0173. The zero-order chi connectivity index (χ0) is 11.9. The summed E-state index contributed by atoms with van der Waals surface area (Å²) in [6.45, 7) is 5.12. The Morgan fingerprint density at radius 1 is 1.47 bits per heavy atom. The Kier molecular flexibility index (Phi) is 5.49. The number of hydrogen-bond donors (Lipinski definition) is 1. The minimum Gasteiger partial charge on any atom is -0.377 e. The molecule has 1 aromatic rings. The van der Waals surface area contributed by atoms with Gasteiger partial charge in [0.15, 0.2) is 0 Å². The molecule has 0 amide bonds. The first kappa shape index (κ1) is 13.1. The smallest absolute Gasteiger partial charge is 0.0594 e. The van der Waals surface area contributed by atoms with Crippen molar-refractivity contribution in [2.24, 2.45) is 5.92 Å². The molecule has 0 saturated heterocycles. The van der Waals surface area contributed by atoms with E-state index in [1.807, 2.05) is 0 Å². The Hall–Kier alpha value is -0.380. The van der Waals surface area contributed by atoms with E-state index in [1.54, 1.807) is 11.3 Å². The first-order valence-electron chi connectivity index (χ1n) is 6.69. The van der Waals surface area contributed by atoms with Crippen LogP contribution in [-0.4, -0.2) is 19.3 Å². The zero-order valence-corrected chi connectivity index (χ0v) is 11.5. The van der Waals surface area contributed by atoms with Crippen molar-refractivity contribution < 1.29 is 4.74 Å². The average Bonchev–Trinajstić information content (AvgIpc) is 2.82. The maximum absolute atomic E-state index is 5.91. The summed E-state index contributed by atoms with van der Waals surface area (Å²) in [6.07, 6.45) is 5.76. The van der Waals surface area contributed by atoms with Crippen molar-refractivity contribution in [3.63, 3.8) is 0 Å². The molecule has 17 heavy (non-hydrogen) atoms. The zero-order valence-electron chi connectivity index (χ0n) is 10.7. The van der Waals surface area contributed by atoms with Crippen molar-refractivity contribution in [1.29, 1.82) is 0 Å². The number of nitrogens with one attached hydrogen (secondary N) is 1. The summed E-state index contributed by atoms with van der Waals surface area (Å²) in [4.78, 5) is 1.40. The topological polar surface area (TPSA) is 21.3 Å². The third kappa shape index (κ3) is 4.78. The molecule has 0 aliphatic heterocycles. The SMILES string of the molecule is CC1CCCC(OCCNCc2cccs2)C1. The number of hydrogen-bond acceptors (Lipinski definition) is 3. The van der Waals surface area contributed by atoms with Gasteiger partial charge in [0.1, 0.15) is 0 Å². The van der Waals surface area contributed by atoms with E-state index in [1.165, 1.54) is 30.6 Å². The second-order valence-corrected chi connectivity index (χ2v) is 6.05. The maximum Gasteiger partial charge on any atom is 0.0594 e. The summed E-state index contributed by atoms with van der Waals surface area (Å²) in [6, 6.07) is 4.27. The molecule has 2 nitrogen and oxygen atoms in total. The maximum atomic E-state index is 5.91. The molecule has 2 unspecified atom stereocenters. The second kappa shape index (κ2) is 7.14. The van der Waals surface area contributed by atoms with Crippen molar-refractivity contribution in [3.05, 3.63) is 22.4 Å². The molecule has 0 aromatic carbocycles. The average molecular weight is 253 g/mol. The van der Waals surface area contributed by atoms with E-state index < -0.39 is 0 Å². The van der Waals surface area contributed by atoms with Gasteiger partial charge < -0.3 is 10.1 Å². The summed E-state index contributed by atoms with van der Waals surface area (Å²) in [5.74, 6) is 0.854. The van der Waals surface area contributed by atoms with E-state index in [0.717, 1.165) is 25.6 Å². The molecule has 1 aromatic heterocycles. The molecule has 1 aliphatic rings. The standard InChI is InChI=1S/C14H23NOS/c1-12-4-2-5-13(10-12)16-8-7-15-11-14-6-3-9-17-14/h3,6,9,12-13,15H,2,4-5,7-8,10-11H2,1H3. The van der Waals surface area contributed by atoms with Crippen molar-refractivity contribution in [2.75, 3.05) is 13.2 Å². The lowest BCUT2D eigenvalue weighted by Crippen LogP contribution is -2.26. The third-order valence-electron chi connectivity index (χ3n) is 3.40. The van der Waals surface area contributed by atoms with E-state index in [0.29, 0.717) is 6.10 Å². The van der Waals surface area contributed by atoms with Gasteiger partial charge in [-0.3, -0.25) is 0 Å². The Morgan fingerprint density at radius 3 is 3.18 bits per heavy atom. The molecular weight excluding hydrogens is 230 g/mol. The first-order valence-corrected chi connectivity index (χ1v) is 7.57. The summed E-state index contributed by atoms with van der Waals surface area (Å²) in [5.41, 5.74) is 0. The minimum absolute atomic E-state index is 0.516. The van der Waals surface area contributed by atoms with Crippen LogP contribution in [0.1, 0.15) is 37.5 Å². The van der Waals surface area contributed by atoms with Crippen molar-refractivity contribution >= 4 is 11.3 Å². The highest BCUT2D eigenvalue weighted by molar-refractivity contribution is 7.09. The van der Waals surface area contributed by atoms with Gasteiger partial charge in [0.05, 0.1) is 12.7 Å². The van der Waals surface area contributed by atoms with Gasteiger partial charge in [-0.15, -0.1) is 11.3 Å². The molecule has 96 valence electrons. The number of rotatable bonds is 6. The van der Waals surface area contributed by atoms with Crippen molar-refractivity contribution in [1.82, 2.24) is 5.32 Å². The second-order valence-electron chi connectivity index (χ2n) is 5.02. The van der Waals surface area contributed by atoms with Gasteiger partial charge in [-0.05, 0) is 30.2 Å². The quantitative estimate of drug-likeness (QED) is 0.784. The molecule has 1 N–H and O–H groups in total. The molecule has 1 saturated carbocycles. The minimum atomic E-state index is 0.516. The van der Waals surface area contributed by atoms with Crippen molar-refractivity contribution in [3.8, 4) is 0 Å². The molecule has 0 radical (unpaired) electrons. The Balaban J connectivity index is 1.51. The highest BCUT2D eigenvalue weighted by Crippen LogP contribution is 2.25. The van der Waals surface area contributed by atoms with Crippen LogP contribution in [-0.2, 0) is 11.3 Å². The fourth-order valence-corrected chi connectivity index (χ4v) is 3.13. The summed E-state index contributed by atoms with van der Waals surface area (Å²) < 4.78 is 5.91. The molecule has 1 aliphatic carbocycles. The fourth-order valence-electron chi connectivity index (χ4n) is 2.45. The van der Waals surface area contributed by atoms with Gasteiger partial charge in [-0.25, -0.2) is 0 Å². The predicted octanol–water partition coefficient (Wildman–Crippen LogP) is 3.43. The molecule has 0 spiro atoms. The van der Waals surface area contributed by atoms with E-state index in [9.17, 15) is 0 Å². The van der Waals surface area contributed by atoms with Crippen molar-refractivity contribution in [2.45, 2.75) is 45.3 Å². The lowest BCUT2D eigenvalue weighted by atomic mass is 9.89. The van der Waals surface area contributed by atoms with E-state index in [-0.39, 0.29) is 0 Å². The third-order valence-corrected chi connectivity index (χ3v) is 4.28. The van der Waals surface area contributed by atoms with Crippen LogP contribution < -0.4 is 5.32 Å². The van der Waals surface area contributed by atoms with Crippen LogP contribution in [0.25, 0.3) is 0 Å². The monoisotopic (exact) mass is 253 g/mol. The van der Waals surface area contributed by atoms with E-state index in [4.69, 9.17) is 4.74 Å². The van der Waals surface area contributed by atoms with Crippen LogP contribution in [0.3, 0.4) is 0 Å². The predicted molar refractivity (Wildman–Crippen MR) is 73.4 cm³/mol. The number of thiophene rings is 1. The van der Waals surface area contributed by atoms with Crippen LogP contribution in [0, 0.1) is 5.92 Å². The van der Waals surface area contributed by atoms with Gasteiger partial charge in [-0.2, -0.15) is 0 Å². The van der Waals surface area contributed by atoms with Gasteiger partial charge in [0, 0.05) is 18.0 Å². The normalized spacial score (nSPS) is 25.0. The summed E-state index contributed by atoms with van der Waals surface area (Å²) in [7, 11) is 0. The summed E-state index contributed by atoms with van der Waals surface area (Å²) in [5, 5.41) is 5.55. The van der Waals surface area contributed by atoms with Crippen LogP contribution in [0.2, 0.25) is 0 Å². The Bertz CT molecular complexity index is 299.